The van der Waals surface area contributed by atoms with Crippen molar-refractivity contribution >= 4 is 21.7 Å². The highest BCUT2D eigenvalue weighted by molar-refractivity contribution is 7.92. The molecule has 2 rings (SSSR count). The second-order valence-electron chi connectivity index (χ2n) is 3.68. The van der Waals surface area contributed by atoms with Gasteiger partial charge >= 0.3 is 5.97 Å². The summed E-state index contributed by atoms with van der Waals surface area (Å²) in [5, 5.41) is 8.59. The Morgan fingerprint density at radius 1 is 1.25 bits per heavy atom. The number of benzene rings is 1. The van der Waals surface area contributed by atoms with E-state index in [4.69, 9.17) is 5.11 Å². The van der Waals surface area contributed by atoms with Crippen LogP contribution in [0.3, 0.4) is 0 Å². The standard InChI is InChI=1S/C11H7F2NO5S/c12-8-3-6(4-9(13)10(8)11(15)16)14-20(17,18)7-1-2-19-5-7/h1-5,14H,(H,15,16). The average Bonchev–Trinajstić information content (AvgIpc) is 2.79. The van der Waals surface area contributed by atoms with Crippen LogP contribution in [0.25, 0.3) is 0 Å². The van der Waals surface area contributed by atoms with Crippen LogP contribution in [0.1, 0.15) is 10.4 Å². The van der Waals surface area contributed by atoms with Gasteiger partial charge < -0.3 is 9.52 Å². The molecule has 20 heavy (non-hydrogen) atoms. The van der Waals surface area contributed by atoms with Crippen molar-refractivity contribution in [2.75, 3.05) is 4.72 Å². The Morgan fingerprint density at radius 2 is 1.85 bits per heavy atom. The van der Waals surface area contributed by atoms with Crippen molar-refractivity contribution in [3.05, 3.63) is 47.9 Å². The van der Waals surface area contributed by atoms with Crippen LogP contribution in [0, 0.1) is 11.6 Å². The molecule has 106 valence electrons. The molecule has 0 saturated heterocycles. The van der Waals surface area contributed by atoms with E-state index in [2.05, 4.69) is 4.42 Å². The van der Waals surface area contributed by atoms with Gasteiger partial charge in [0.15, 0.2) is 0 Å². The number of rotatable bonds is 4. The fourth-order valence-corrected chi connectivity index (χ4v) is 2.42. The van der Waals surface area contributed by atoms with Crippen molar-refractivity contribution in [2.24, 2.45) is 0 Å². The zero-order valence-electron chi connectivity index (χ0n) is 9.63. The van der Waals surface area contributed by atoms with E-state index in [1.54, 1.807) is 0 Å². The highest BCUT2D eigenvalue weighted by atomic mass is 32.2. The normalized spacial score (nSPS) is 11.3. The molecule has 0 saturated carbocycles. The summed E-state index contributed by atoms with van der Waals surface area (Å²) in [5.74, 6) is -4.56. The van der Waals surface area contributed by atoms with Crippen LogP contribution < -0.4 is 4.72 Å². The van der Waals surface area contributed by atoms with Crippen LogP contribution in [0.4, 0.5) is 14.5 Å². The van der Waals surface area contributed by atoms with Gasteiger partial charge in [-0.25, -0.2) is 22.0 Å². The van der Waals surface area contributed by atoms with Crippen molar-refractivity contribution in [1.82, 2.24) is 0 Å². The summed E-state index contributed by atoms with van der Waals surface area (Å²) >= 11 is 0. The minimum Gasteiger partial charge on any atom is -0.477 e. The maximum atomic E-state index is 13.4. The molecule has 0 aliphatic carbocycles. The lowest BCUT2D eigenvalue weighted by atomic mass is 10.2. The third-order valence-electron chi connectivity index (χ3n) is 2.31. The lowest BCUT2D eigenvalue weighted by Gasteiger charge is -2.08. The van der Waals surface area contributed by atoms with Crippen LogP contribution in [-0.4, -0.2) is 19.5 Å². The van der Waals surface area contributed by atoms with Gasteiger partial charge in [0, 0.05) is 0 Å². The Hall–Kier alpha value is -2.42. The van der Waals surface area contributed by atoms with E-state index < -0.39 is 38.9 Å². The molecule has 6 nitrogen and oxygen atoms in total. The summed E-state index contributed by atoms with van der Waals surface area (Å²) in [4.78, 5) is 10.4. The molecule has 1 heterocycles. The zero-order valence-corrected chi connectivity index (χ0v) is 10.4. The quantitative estimate of drug-likeness (QED) is 0.901. The molecule has 0 fully saturated rings. The van der Waals surface area contributed by atoms with Gasteiger partial charge in [0.25, 0.3) is 10.0 Å². The first-order chi connectivity index (χ1) is 9.31. The zero-order chi connectivity index (χ0) is 14.9. The van der Waals surface area contributed by atoms with E-state index in [0.29, 0.717) is 12.1 Å². The number of nitrogens with one attached hydrogen (secondary N) is 1. The van der Waals surface area contributed by atoms with Crippen molar-refractivity contribution in [2.45, 2.75) is 4.90 Å². The average molecular weight is 303 g/mol. The number of hydrogen-bond acceptors (Lipinski definition) is 4. The number of carbonyl (C=O) groups is 1. The van der Waals surface area contributed by atoms with E-state index in [9.17, 15) is 22.0 Å². The van der Waals surface area contributed by atoms with Crippen LogP contribution >= 0.6 is 0 Å². The van der Waals surface area contributed by atoms with Gasteiger partial charge in [-0.05, 0) is 18.2 Å². The number of carboxylic acids is 1. The Kier molecular flexibility index (Phi) is 3.45. The minimum absolute atomic E-state index is 0.236. The van der Waals surface area contributed by atoms with Crippen LogP contribution in [0.5, 0.6) is 0 Å². The number of aromatic carboxylic acids is 1. The van der Waals surface area contributed by atoms with Crippen LogP contribution in [-0.2, 0) is 10.0 Å². The maximum absolute atomic E-state index is 13.4. The third kappa shape index (κ3) is 2.62. The summed E-state index contributed by atoms with van der Waals surface area (Å²) in [6, 6.07) is 2.29. The van der Waals surface area contributed by atoms with Crippen molar-refractivity contribution < 1.29 is 31.5 Å². The van der Waals surface area contributed by atoms with Crippen molar-refractivity contribution in [3.8, 4) is 0 Å². The maximum Gasteiger partial charge on any atom is 0.341 e. The van der Waals surface area contributed by atoms with Gasteiger partial charge in [-0.3, -0.25) is 4.72 Å². The lowest BCUT2D eigenvalue weighted by molar-refractivity contribution is 0.0686. The number of hydrogen-bond donors (Lipinski definition) is 2. The molecule has 1 aromatic carbocycles. The number of sulfonamides is 1. The van der Waals surface area contributed by atoms with Gasteiger partial charge in [-0.15, -0.1) is 0 Å². The summed E-state index contributed by atoms with van der Waals surface area (Å²) in [6.07, 6.45) is 2.05. The lowest BCUT2D eigenvalue weighted by Crippen LogP contribution is -2.13. The van der Waals surface area contributed by atoms with Gasteiger partial charge in [0.05, 0.1) is 12.0 Å². The molecular formula is C11H7F2NO5S. The fraction of sp³-hybridized carbons (Fsp3) is 0. The molecule has 1 aromatic heterocycles. The Morgan fingerprint density at radius 3 is 2.30 bits per heavy atom. The van der Waals surface area contributed by atoms with E-state index >= 15 is 0 Å². The first-order valence-electron chi connectivity index (χ1n) is 5.08. The minimum atomic E-state index is -4.06. The van der Waals surface area contributed by atoms with Crippen LogP contribution in [0.2, 0.25) is 0 Å². The van der Waals surface area contributed by atoms with E-state index in [1.807, 2.05) is 4.72 Å². The predicted molar refractivity (Wildman–Crippen MR) is 62.8 cm³/mol. The molecular weight excluding hydrogens is 296 g/mol. The van der Waals surface area contributed by atoms with Crippen molar-refractivity contribution in [3.63, 3.8) is 0 Å². The summed E-state index contributed by atoms with van der Waals surface area (Å²) in [7, 11) is -4.06. The van der Waals surface area contributed by atoms with E-state index in [1.165, 1.54) is 0 Å². The topological polar surface area (TPSA) is 96.6 Å². The number of anilines is 1. The van der Waals surface area contributed by atoms with E-state index in [-0.39, 0.29) is 4.90 Å². The molecule has 0 aliphatic rings. The largest absolute Gasteiger partial charge is 0.477 e. The van der Waals surface area contributed by atoms with Gasteiger partial charge in [-0.1, -0.05) is 0 Å². The van der Waals surface area contributed by atoms with Gasteiger partial charge in [0.1, 0.15) is 28.4 Å². The molecule has 2 N–H and O–H groups in total. The summed E-state index contributed by atoms with van der Waals surface area (Å²) in [5.41, 5.74) is -1.59. The summed E-state index contributed by atoms with van der Waals surface area (Å²) < 4.78 is 56.9. The van der Waals surface area contributed by atoms with Crippen LogP contribution in [0.15, 0.2) is 40.0 Å². The summed E-state index contributed by atoms with van der Waals surface area (Å²) in [6.45, 7) is 0. The van der Waals surface area contributed by atoms with Gasteiger partial charge in [0.2, 0.25) is 0 Å². The SMILES string of the molecule is O=C(O)c1c(F)cc(NS(=O)(=O)c2ccoc2)cc1F. The van der Waals surface area contributed by atoms with Gasteiger partial charge in [-0.2, -0.15) is 0 Å². The first-order valence-corrected chi connectivity index (χ1v) is 6.57. The van der Waals surface area contributed by atoms with E-state index in [0.717, 1.165) is 18.6 Å². The number of furan rings is 1. The monoisotopic (exact) mass is 303 g/mol. The molecule has 0 aliphatic heterocycles. The fourth-order valence-electron chi connectivity index (χ4n) is 1.46. The Bertz CT molecular complexity index is 732. The Labute approximate surface area is 111 Å². The van der Waals surface area contributed by atoms with Crippen molar-refractivity contribution in [1.29, 1.82) is 0 Å². The highest BCUT2D eigenvalue weighted by Crippen LogP contribution is 2.22. The Balaban J connectivity index is 2.39. The molecule has 2 aromatic rings. The molecule has 9 heteroatoms. The first kappa shape index (κ1) is 14.0. The molecule has 0 amide bonds. The molecule has 0 bridgehead atoms. The molecule has 0 spiro atoms. The molecule has 0 unspecified atom stereocenters. The smallest absolute Gasteiger partial charge is 0.341 e. The molecule has 0 radical (unpaired) electrons. The number of carboxylic acid groups (broad SMARTS) is 1. The number of halogens is 2. The second kappa shape index (κ2) is 4.93. The highest BCUT2D eigenvalue weighted by Gasteiger charge is 2.21. The second-order valence-corrected chi connectivity index (χ2v) is 5.37. The predicted octanol–water partition coefficient (Wildman–Crippen LogP) is 2.06. The third-order valence-corrected chi connectivity index (χ3v) is 3.67. The molecule has 0 atom stereocenters.